The van der Waals surface area contributed by atoms with Crippen molar-refractivity contribution in [3.63, 3.8) is 0 Å². The lowest BCUT2D eigenvalue weighted by molar-refractivity contribution is 0.372. The lowest BCUT2D eigenvalue weighted by atomic mass is 10.1. The Morgan fingerprint density at radius 3 is 2.59 bits per heavy atom. The summed E-state index contributed by atoms with van der Waals surface area (Å²) in [4.78, 5) is 4.58. The maximum atomic E-state index is 9.92. The zero-order chi connectivity index (χ0) is 19.4. The average Bonchev–Trinajstić information content (AvgIpc) is 3.18. The van der Waals surface area contributed by atoms with E-state index < -0.39 is 0 Å². The van der Waals surface area contributed by atoms with Crippen molar-refractivity contribution in [1.82, 2.24) is 4.98 Å². The lowest BCUT2D eigenvalue weighted by Crippen LogP contribution is -1.87. The Hall–Kier alpha value is -2.82. The number of nitrogens with zero attached hydrogens (tertiary/aromatic N) is 2. The molecule has 0 saturated carbocycles. The summed E-state index contributed by atoms with van der Waals surface area (Å²) in [5, 5.41) is 22.0. The summed E-state index contributed by atoms with van der Waals surface area (Å²) < 4.78 is 10.8. The average molecular weight is 443 g/mol. The Kier molecular flexibility index (Phi) is 5.79. The molecule has 5 nitrogen and oxygen atoms in total. The number of aromatic hydroxyl groups is 1. The first-order valence-corrected chi connectivity index (χ1v) is 9.51. The zero-order valence-electron chi connectivity index (χ0n) is 14.6. The highest BCUT2D eigenvalue weighted by Crippen LogP contribution is 2.36. The number of aromatic nitrogens is 1. The highest BCUT2D eigenvalue weighted by molar-refractivity contribution is 9.10. The molecule has 0 spiro atoms. The summed E-state index contributed by atoms with van der Waals surface area (Å²) in [5.41, 5.74) is 2.89. The number of halogens is 1. The van der Waals surface area contributed by atoms with Crippen LogP contribution >= 0.6 is 27.3 Å². The molecule has 2 aromatic carbocycles. The van der Waals surface area contributed by atoms with Crippen LogP contribution in [-0.2, 0) is 0 Å². The fraction of sp³-hybridized carbons (Fsp3) is 0.100. The van der Waals surface area contributed by atoms with E-state index in [-0.39, 0.29) is 5.75 Å². The van der Waals surface area contributed by atoms with Gasteiger partial charge in [-0.2, -0.15) is 5.26 Å². The summed E-state index contributed by atoms with van der Waals surface area (Å²) in [5.74, 6) is 1.12. The SMILES string of the molecule is COc1ccc(-c2csc(C(C#N)=Cc3cc(Br)c(O)c(OC)c3)n2)cc1. The fourth-order valence-electron chi connectivity index (χ4n) is 2.43. The molecule has 0 bridgehead atoms. The molecule has 1 aromatic heterocycles. The molecule has 0 aliphatic heterocycles. The quantitative estimate of drug-likeness (QED) is 0.538. The molecule has 0 saturated heterocycles. The molecule has 0 aliphatic carbocycles. The standard InChI is InChI=1S/C20H15BrN2O3S/c1-25-15-5-3-13(4-6-15)17-11-27-20(23-17)14(10-22)7-12-8-16(21)19(24)18(9-12)26-2/h3-9,11,24H,1-2H3. The van der Waals surface area contributed by atoms with Gasteiger partial charge in [0.05, 0.1) is 30.0 Å². The van der Waals surface area contributed by atoms with Gasteiger partial charge in [0.1, 0.15) is 16.8 Å². The van der Waals surface area contributed by atoms with E-state index in [1.165, 1.54) is 18.4 Å². The van der Waals surface area contributed by atoms with E-state index in [2.05, 4.69) is 27.0 Å². The molecule has 0 unspecified atom stereocenters. The van der Waals surface area contributed by atoms with Crippen molar-refractivity contribution in [2.24, 2.45) is 0 Å². The second-order valence-corrected chi connectivity index (χ2v) is 7.20. The van der Waals surface area contributed by atoms with Crippen molar-refractivity contribution in [2.45, 2.75) is 0 Å². The van der Waals surface area contributed by atoms with E-state index in [4.69, 9.17) is 9.47 Å². The normalized spacial score (nSPS) is 11.1. The van der Waals surface area contributed by atoms with Gasteiger partial charge in [-0.15, -0.1) is 11.3 Å². The zero-order valence-corrected chi connectivity index (χ0v) is 17.0. The molecule has 3 aromatic rings. The topological polar surface area (TPSA) is 75.4 Å². The number of ether oxygens (including phenoxy) is 2. The third-order valence-corrected chi connectivity index (χ3v) is 5.30. The van der Waals surface area contributed by atoms with Crippen LogP contribution in [0.15, 0.2) is 46.3 Å². The summed E-state index contributed by atoms with van der Waals surface area (Å²) in [6, 6.07) is 13.2. The number of thiazole rings is 1. The number of hydrogen-bond donors (Lipinski definition) is 1. The molecule has 136 valence electrons. The molecule has 0 radical (unpaired) electrons. The molecule has 0 fully saturated rings. The second kappa shape index (κ2) is 8.25. The van der Waals surface area contributed by atoms with Crippen molar-refractivity contribution in [3.05, 3.63) is 56.8 Å². The Morgan fingerprint density at radius 2 is 1.96 bits per heavy atom. The number of allylic oxidation sites excluding steroid dienone is 1. The van der Waals surface area contributed by atoms with Crippen LogP contribution in [0.1, 0.15) is 10.6 Å². The number of methoxy groups -OCH3 is 2. The number of phenols is 1. The van der Waals surface area contributed by atoms with Gasteiger partial charge < -0.3 is 14.6 Å². The first-order chi connectivity index (χ1) is 13.0. The minimum absolute atomic E-state index is 0.0178. The van der Waals surface area contributed by atoms with Crippen LogP contribution in [0.2, 0.25) is 0 Å². The van der Waals surface area contributed by atoms with Crippen molar-refractivity contribution in [2.75, 3.05) is 14.2 Å². The van der Waals surface area contributed by atoms with Gasteiger partial charge in [0.25, 0.3) is 0 Å². The minimum atomic E-state index is 0.0178. The molecule has 3 rings (SSSR count). The number of benzene rings is 2. The summed E-state index contributed by atoms with van der Waals surface area (Å²) >= 11 is 4.68. The molecule has 0 amide bonds. The van der Waals surface area contributed by atoms with Crippen LogP contribution in [0.4, 0.5) is 0 Å². The van der Waals surface area contributed by atoms with Crippen LogP contribution in [0.3, 0.4) is 0 Å². The van der Waals surface area contributed by atoms with E-state index in [1.807, 2.05) is 29.6 Å². The van der Waals surface area contributed by atoms with Gasteiger partial charge in [-0.1, -0.05) is 0 Å². The summed E-state index contributed by atoms with van der Waals surface area (Å²) in [7, 11) is 3.10. The van der Waals surface area contributed by atoms with Crippen LogP contribution < -0.4 is 9.47 Å². The first kappa shape index (κ1) is 19.0. The van der Waals surface area contributed by atoms with Crippen molar-refractivity contribution in [1.29, 1.82) is 5.26 Å². The molecular weight excluding hydrogens is 428 g/mol. The smallest absolute Gasteiger partial charge is 0.172 e. The molecule has 1 heterocycles. The molecular formula is C20H15BrN2O3S. The molecule has 0 aliphatic rings. The van der Waals surface area contributed by atoms with Gasteiger partial charge in [-0.05, 0) is 64.0 Å². The van der Waals surface area contributed by atoms with E-state index in [1.54, 1.807) is 25.3 Å². The molecule has 7 heteroatoms. The maximum Gasteiger partial charge on any atom is 0.172 e. The number of phenolic OH excluding ortho intramolecular Hbond substituents is 1. The van der Waals surface area contributed by atoms with E-state index in [0.29, 0.717) is 26.4 Å². The number of hydrogen-bond acceptors (Lipinski definition) is 6. The molecule has 0 atom stereocenters. The van der Waals surface area contributed by atoms with Gasteiger partial charge in [0.15, 0.2) is 11.5 Å². The minimum Gasteiger partial charge on any atom is -0.503 e. The number of rotatable bonds is 5. The van der Waals surface area contributed by atoms with Gasteiger partial charge >= 0.3 is 0 Å². The second-order valence-electron chi connectivity index (χ2n) is 5.49. The van der Waals surface area contributed by atoms with Crippen LogP contribution in [0.5, 0.6) is 17.2 Å². The van der Waals surface area contributed by atoms with E-state index in [9.17, 15) is 10.4 Å². The van der Waals surface area contributed by atoms with Gasteiger partial charge in [-0.25, -0.2) is 4.98 Å². The Labute approximate surface area is 169 Å². The molecule has 27 heavy (non-hydrogen) atoms. The van der Waals surface area contributed by atoms with Gasteiger partial charge in [0.2, 0.25) is 0 Å². The Bertz CT molecular complexity index is 1040. The first-order valence-electron chi connectivity index (χ1n) is 7.84. The lowest BCUT2D eigenvalue weighted by Gasteiger charge is -2.06. The third-order valence-electron chi connectivity index (χ3n) is 3.82. The third kappa shape index (κ3) is 4.13. The maximum absolute atomic E-state index is 9.92. The van der Waals surface area contributed by atoms with Crippen LogP contribution in [-0.4, -0.2) is 24.3 Å². The predicted molar refractivity (Wildman–Crippen MR) is 110 cm³/mol. The van der Waals surface area contributed by atoms with Crippen LogP contribution in [0.25, 0.3) is 22.9 Å². The van der Waals surface area contributed by atoms with Crippen molar-refractivity contribution < 1.29 is 14.6 Å². The number of nitriles is 1. The molecule has 1 N–H and O–H groups in total. The summed E-state index contributed by atoms with van der Waals surface area (Å²) in [6.07, 6.45) is 1.71. The monoisotopic (exact) mass is 442 g/mol. The predicted octanol–water partition coefficient (Wildman–Crippen LogP) is 5.36. The highest BCUT2D eigenvalue weighted by atomic mass is 79.9. The Balaban J connectivity index is 1.95. The largest absolute Gasteiger partial charge is 0.503 e. The highest BCUT2D eigenvalue weighted by Gasteiger charge is 2.12. The van der Waals surface area contributed by atoms with Gasteiger partial charge in [-0.3, -0.25) is 0 Å². The van der Waals surface area contributed by atoms with E-state index in [0.717, 1.165) is 17.0 Å². The summed E-state index contributed by atoms with van der Waals surface area (Å²) in [6.45, 7) is 0. The Morgan fingerprint density at radius 1 is 1.22 bits per heavy atom. The van der Waals surface area contributed by atoms with Crippen LogP contribution in [0, 0.1) is 11.3 Å². The fourth-order valence-corrected chi connectivity index (χ4v) is 3.69. The van der Waals surface area contributed by atoms with Crippen molar-refractivity contribution in [3.8, 4) is 34.6 Å². The van der Waals surface area contributed by atoms with E-state index >= 15 is 0 Å². The van der Waals surface area contributed by atoms with Gasteiger partial charge in [0, 0.05) is 10.9 Å². The van der Waals surface area contributed by atoms with Crippen molar-refractivity contribution >= 4 is 38.9 Å².